The lowest BCUT2D eigenvalue weighted by Gasteiger charge is -2.25. The number of fused-ring (bicyclic) bond motifs is 8. The minimum atomic E-state index is -0.157. The molecular formula is C70H53N. The summed E-state index contributed by atoms with van der Waals surface area (Å²) >= 11 is 0. The summed E-state index contributed by atoms with van der Waals surface area (Å²) in [5, 5.41) is 4.49. The zero-order chi connectivity index (χ0) is 49.6. The summed E-state index contributed by atoms with van der Waals surface area (Å²) in [7, 11) is 0. The van der Waals surface area contributed by atoms with E-state index in [1.54, 1.807) is 0 Å². The Labute approximate surface area is 420 Å². The number of para-hydroxylation sites is 2. The number of rotatable bonds is 8. The number of anilines is 3. The van der Waals surface area contributed by atoms with Crippen molar-refractivity contribution in [3.63, 3.8) is 0 Å². The van der Waals surface area contributed by atoms with E-state index in [0.717, 1.165) is 44.3 Å². The third-order valence-corrected chi connectivity index (χ3v) is 15.5. The topological polar surface area (TPSA) is 3.24 Å². The minimum Gasteiger partial charge on any atom is -0.311 e. The number of nitrogens with zero attached hydrogens (tertiary/aromatic N) is 1. The van der Waals surface area contributed by atoms with E-state index in [1.807, 2.05) is 54.6 Å². The van der Waals surface area contributed by atoms with Crippen LogP contribution >= 0.6 is 0 Å². The predicted octanol–water partition coefficient (Wildman–Crippen LogP) is 19.2. The van der Waals surface area contributed by atoms with E-state index in [9.17, 15) is 2.74 Å². The van der Waals surface area contributed by atoms with Crippen LogP contribution in [0.1, 0.15) is 63.8 Å². The monoisotopic (exact) mass is 909 g/mol. The highest BCUT2D eigenvalue weighted by molar-refractivity contribution is 6.22. The molecule has 11 aromatic rings. The molecular weight excluding hydrogens is 855 g/mol. The number of hydrogen-bond acceptors (Lipinski definition) is 1. The standard InChI is InChI=1S/C70H53N/c1-69(2)63-25-15-13-21-55(63)57-41-36-50(44-65(57)69)48-32-34-49(35-33-48)67-59-23-11-12-24-60(59)68(51-37-42-58-56-22-14-16-26-64(56)70(3,4)66(58)45-51)61-40-31-47(43-62(61)67)28-27-46-29-38-54(39-30-46)71(52-17-7-5-8-18-52)53-19-9-6-10-20-53/h5-45H,1-4H3/b28-27+/i27D,28D. The van der Waals surface area contributed by atoms with Crippen LogP contribution in [-0.4, -0.2) is 0 Å². The van der Waals surface area contributed by atoms with Gasteiger partial charge in [-0.15, -0.1) is 0 Å². The van der Waals surface area contributed by atoms with E-state index in [2.05, 4.69) is 215 Å². The van der Waals surface area contributed by atoms with Gasteiger partial charge in [-0.25, -0.2) is 0 Å². The summed E-state index contributed by atoms with van der Waals surface area (Å²) in [5.41, 5.74) is 21.8. The zero-order valence-corrected chi connectivity index (χ0v) is 40.5. The predicted molar refractivity (Wildman–Crippen MR) is 303 cm³/mol. The molecule has 0 amide bonds. The molecule has 0 saturated heterocycles. The first-order chi connectivity index (χ1) is 35.6. The quantitative estimate of drug-likeness (QED) is 0.108. The average molecular weight is 910 g/mol. The van der Waals surface area contributed by atoms with Gasteiger partial charge < -0.3 is 4.90 Å². The molecule has 1 nitrogen and oxygen atoms in total. The summed E-state index contributed by atoms with van der Waals surface area (Å²) in [5.74, 6) is 0. The van der Waals surface area contributed by atoms with Crippen LogP contribution in [0.25, 0.3) is 89.3 Å². The molecule has 2 aliphatic carbocycles. The number of hydrogen-bond donors (Lipinski definition) is 0. The van der Waals surface area contributed by atoms with Crippen molar-refractivity contribution in [2.45, 2.75) is 38.5 Å². The van der Waals surface area contributed by atoms with Gasteiger partial charge in [0, 0.05) is 27.9 Å². The Kier molecular flexibility index (Phi) is 9.43. The van der Waals surface area contributed by atoms with E-state index in [1.165, 1.54) is 72.1 Å². The molecule has 2 aliphatic rings. The van der Waals surface area contributed by atoms with Crippen molar-refractivity contribution < 1.29 is 2.74 Å². The van der Waals surface area contributed by atoms with E-state index >= 15 is 0 Å². The number of benzene rings is 11. The van der Waals surface area contributed by atoms with Gasteiger partial charge in [-0.3, -0.25) is 0 Å². The van der Waals surface area contributed by atoms with Crippen molar-refractivity contribution in [3.8, 4) is 55.6 Å². The van der Waals surface area contributed by atoms with Crippen LogP contribution in [0.2, 0.25) is 0 Å². The van der Waals surface area contributed by atoms with Crippen LogP contribution in [0.5, 0.6) is 0 Å². The van der Waals surface area contributed by atoms with Gasteiger partial charge in [0.2, 0.25) is 0 Å². The molecule has 0 saturated carbocycles. The summed E-state index contributed by atoms with van der Waals surface area (Å²) in [6.07, 6.45) is 0. The van der Waals surface area contributed by atoms with Crippen molar-refractivity contribution in [1.82, 2.24) is 0 Å². The molecule has 0 N–H and O–H groups in total. The third-order valence-electron chi connectivity index (χ3n) is 15.5. The molecule has 11 aromatic carbocycles. The van der Waals surface area contributed by atoms with Gasteiger partial charge in [-0.05, 0) is 165 Å². The first kappa shape index (κ1) is 40.4. The zero-order valence-electron chi connectivity index (χ0n) is 42.5. The third kappa shape index (κ3) is 6.98. The molecule has 0 spiro atoms. The molecule has 338 valence electrons. The summed E-state index contributed by atoms with van der Waals surface area (Å²) in [6, 6.07) is 85.0. The SMILES string of the molecule is [2H]/C(=C(/[2H])c1ccc2c(-c3ccc4c(c3)C(C)(C)c3ccccc3-4)c3ccccc3c(-c3ccc(-c4ccc5c(c4)C(C)(C)c4ccccc4-5)cc3)c2c1)c1ccc(N(c2ccccc2)c2ccccc2)cc1. The van der Waals surface area contributed by atoms with Crippen LogP contribution in [0.15, 0.2) is 237 Å². The molecule has 0 atom stereocenters. The molecule has 0 heterocycles. The normalized spacial score (nSPS) is 14.5. The molecule has 13 rings (SSSR count). The summed E-state index contributed by atoms with van der Waals surface area (Å²) in [4.78, 5) is 2.21. The second-order valence-corrected chi connectivity index (χ2v) is 20.3. The maximum Gasteiger partial charge on any atom is 0.0629 e. The van der Waals surface area contributed by atoms with Crippen LogP contribution in [0.3, 0.4) is 0 Å². The molecule has 1 heteroatoms. The van der Waals surface area contributed by atoms with Gasteiger partial charge in [0.1, 0.15) is 0 Å². The lowest BCUT2D eigenvalue weighted by atomic mass is 9.80. The Hall–Kier alpha value is -8.52. The fourth-order valence-corrected chi connectivity index (χ4v) is 11.9. The molecule has 0 fully saturated rings. The Morgan fingerprint density at radius 3 is 1.31 bits per heavy atom. The van der Waals surface area contributed by atoms with Gasteiger partial charge in [0.25, 0.3) is 0 Å². The Morgan fingerprint density at radius 2 is 0.718 bits per heavy atom. The minimum absolute atomic E-state index is 0.0861. The van der Waals surface area contributed by atoms with Crippen molar-refractivity contribution in [2.75, 3.05) is 4.90 Å². The highest BCUT2D eigenvalue weighted by atomic mass is 15.1. The first-order valence-corrected chi connectivity index (χ1v) is 24.8. The largest absolute Gasteiger partial charge is 0.311 e. The Bertz CT molecular complexity index is 3980. The van der Waals surface area contributed by atoms with Gasteiger partial charge >= 0.3 is 0 Å². The first-order valence-electron chi connectivity index (χ1n) is 25.8. The molecule has 71 heavy (non-hydrogen) atoms. The molecule has 0 aliphatic heterocycles. The van der Waals surface area contributed by atoms with E-state index < -0.39 is 0 Å². The summed E-state index contributed by atoms with van der Waals surface area (Å²) < 4.78 is 19.3. The highest BCUT2D eigenvalue weighted by Crippen LogP contribution is 2.53. The Balaban J connectivity index is 0.956. The maximum absolute atomic E-state index is 9.71. The van der Waals surface area contributed by atoms with Crippen molar-refractivity contribution in [2.24, 2.45) is 0 Å². The van der Waals surface area contributed by atoms with E-state index in [4.69, 9.17) is 0 Å². The Morgan fingerprint density at radius 1 is 0.310 bits per heavy atom. The van der Waals surface area contributed by atoms with Crippen LogP contribution in [0, 0.1) is 0 Å². The molecule has 0 unspecified atom stereocenters. The highest BCUT2D eigenvalue weighted by Gasteiger charge is 2.37. The average Bonchev–Trinajstić information content (AvgIpc) is 3.81. The van der Waals surface area contributed by atoms with Gasteiger partial charge in [-0.1, -0.05) is 222 Å². The second kappa shape index (κ2) is 16.6. The maximum atomic E-state index is 9.71. The van der Waals surface area contributed by atoms with E-state index in [-0.39, 0.29) is 22.9 Å². The van der Waals surface area contributed by atoms with Crippen molar-refractivity contribution in [3.05, 3.63) is 270 Å². The second-order valence-electron chi connectivity index (χ2n) is 20.3. The van der Waals surface area contributed by atoms with Gasteiger partial charge in [0.15, 0.2) is 0 Å². The fraction of sp³-hybridized carbons (Fsp3) is 0.0857. The smallest absolute Gasteiger partial charge is 0.0629 e. The lowest BCUT2D eigenvalue weighted by molar-refractivity contribution is 0.660. The van der Waals surface area contributed by atoms with Gasteiger partial charge in [-0.2, -0.15) is 0 Å². The van der Waals surface area contributed by atoms with Crippen molar-refractivity contribution >= 4 is 50.7 Å². The molecule has 0 radical (unpaired) electrons. The van der Waals surface area contributed by atoms with E-state index in [0.29, 0.717) is 11.1 Å². The molecule has 0 aromatic heterocycles. The summed E-state index contributed by atoms with van der Waals surface area (Å²) in [6.45, 7) is 9.36. The van der Waals surface area contributed by atoms with Crippen molar-refractivity contribution in [1.29, 1.82) is 0 Å². The van der Waals surface area contributed by atoms with Gasteiger partial charge in [0.05, 0.1) is 2.74 Å². The van der Waals surface area contributed by atoms with Crippen LogP contribution in [0.4, 0.5) is 17.1 Å². The van der Waals surface area contributed by atoms with Crippen LogP contribution < -0.4 is 4.90 Å². The lowest BCUT2D eigenvalue weighted by Crippen LogP contribution is -2.14. The van der Waals surface area contributed by atoms with Crippen LogP contribution in [-0.2, 0) is 10.8 Å². The molecule has 0 bridgehead atoms. The fourth-order valence-electron chi connectivity index (χ4n) is 11.9.